The van der Waals surface area contributed by atoms with E-state index in [1.165, 1.54) is 12.8 Å². The van der Waals surface area contributed by atoms with Crippen LogP contribution in [0.5, 0.6) is 0 Å². The summed E-state index contributed by atoms with van der Waals surface area (Å²) in [5.74, 6) is 0.597. The van der Waals surface area contributed by atoms with Crippen molar-refractivity contribution in [2.45, 2.75) is 44.8 Å². The molecule has 2 saturated heterocycles. The fraction of sp³-hybridized carbons (Fsp3) is 1.00. The minimum absolute atomic E-state index is 0.0942. The summed E-state index contributed by atoms with van der Waals surface area (Å²) in [6, 6.07) is 0.700. The highest BCUT2D eigenvalue weighted by Crippen LogP contribution is 2.17. The normalized spacial score (nSPS) is 29.9. The molecule has 0 aliphatic carbocycles. The van der Waals surface area contributed by atoms with E-state index in [-0.39, 0.29) is 12.1 Å². The van der Waals surface area contributed by atoms with Gasteiger partial charge in [0.1, 0.15) is 0 Å². The van der Waals surface area contributed by atoms with Crippen LogP contribution in [0, 0.1) is 0 Å². The number of hydrogen-bond acceptors (Lipinski definition) is 5. The van der Waals surface area contributed by atoms with Crippen LogP contribution in [-0.4, -0.2) is 81.1 Å². The third kappa shape index (κ3) is 4.41. The Morgan fingerprint density at radius 1 is 1.20 bits per heavy atom. The van der Waals surface area contributed by atoms with Gasteiger partial charge in [-0.3, -0.25) is 4.90 Å². The molecule has 1 N–H and O–H groups in total. The zero-order chi connectivity index (χ0) is 14.8. The van der Waals surface area contributed by atoms with Crippen molar-refractivity contribution in [3.63, 3.8) is 0 Å². The standard InChI is InChI=1S/C14H29N3O2S/c1-12(2)15-13(10-17-6-4-5-7-17)14-11-20(18,19)9-8-16(14)3/h12-15H,4-11H2,1-3H3. The summed E-state index contributed by atoms with van der Waals surface area (Å²) in [6.45, 7) is 8.19. The summed E-state index contributed by atoms with van der Waals surface area (Å²) in [7, 11) is -0.826. The maximum Gasteiger partial charge on any atom is 0.153 e. The number of nitrogens with one attached hydrogen (secondary N) is 1. The minimum atomic E-state index is -2.88. The molecule has 0 aromatic carbocycles. The molecule has 118 valence electrons. The number of hydrogen-bond donors (Lipinski definition) is 1. The van der Waals surface area contributed by atoms with Gasteiger partial charge in [-0.1, -0.05) is 13.8 Å². The molecule has 20 heavy (non-hydrogen) atoms. The monoisotopic (exact) mass is 303 g/mol. The van der Waals surface area contributed by atoms with Gasteiger partial charge in [-0.25, -0.2) is 8.42 Å². The average molecular weight is 303 g/mol. The predicted molar refractivity (Wildman–Crippen MR) is 82.8 cm³/mol. The van der Waals surface area contributed by atoms with E-state index in [0.29, 0.717) is 24.1 Å². The summed E-state index contributed by atoms with van der Waals surface area (Å²) in [5, 5.41) is 3.60. The Hall–Kier alpha value is -0.170. The van der Waals surface area contributed by atoms with E-state index >= 15 is 0 Å². The van der Waals surface area contributed by atoms with Crippen LogP contribution in [-0.2, 0) is 9.84 Å². The summed E-state index contributed by atoms with van der Waals surface area (Å²) in [4.78, 5) is 4.69. The molecule has 0 radical (unpaired) electrons. The first kappa shape index (κ1) is 16.2. The number of likely N-dealkylation sites (tertiary alicyclic amines) is 1. The molecular weight excluding hydrogens is 274 g/mol. The number of sulfone groups is 1. The molecule has 5 nitrogen and oxygen atoms in total. The van der Waals surface area contributed by atoms with Crippen molar-refractivity contribution >= 4 is 9.84 Å². The molecule has 2 aliphatic heterocycles. The molecule has 0 saturated carbocycles. The topological polar surface area (TPSA) is 52.7 Å². The minimum Gasteiger partial charge on any atom is -0.309 e. The lowest BCUT2D eigenvalue weighted by molar-refractivity contribution is 0.167. The molecule has 2 aliphatic rings. The van der Waals surface area contributed by atoms with E-state index in [9.17, 15) is 8.42 Å². The molecule has 2 unspecified atom stereocenters. The lowest BCUT2D eigenvalue weighted by Gasteiger charge is -2.40. The molecular formula is C14H29N3O2S. The molecule has 0 aromatic heterocycles. The Balaban J connectivity index is 2.06. The predicted octanol–water partition coefficient (Wildman–Crippen LogP) is 0.178. The van der Waals surface area contributed by atoms with Crippen molar-refractivity contribution in [3.8, 4) is 0 Å². The highest BCUT2D eigenvalue weighted by Gasteiger charge is 2.35. The molecule has 2 rings (SSSR count). The highest BCUT2D eigenvalue weighted by molar-refractivity contribution is 7.91. The number of rotatable bonds is 5. The van der Waals surface area contributed by atoms with Crippen LogP contribution >= 0.6 is 0 Å². The van der Waals surface area contributed by atoms with Crippen molar-refractivity contribution < 1.29 is 8.42 Å². The van der Waals surface area contributed by atoms with Crippen LogP contribution in [0.25, 0.3) is 0 Å². The molecule has 6 heteroatoms. The Morgan fingerprint density at radius 3 is 2.45 bits per heavy atom. The lowest BCUT2D eigenvalue weighted by atomic mass is 10.1. The third-order valence-electron chi connectivity index (χ3n) is 4.41. The Bertz CT molecular complexity index is 405. The van der Waals surface area contributed by atoms with Gasteiger partial charge >= 0.3 is 0 Å². The lowest BCUT2D eigenvalue weighted by Crippen LogP contribution is -2.60. The maximum absolute atomic E-state index is 12.0. The first-order chi connectivity index (χ1) is 9.37. The average Bonchev–Trinajstić information content (AvgIpc) is 2.84. The molecule has 2 heterocycles. The molecule has 0 amide bonds. The quantitative estimate of drug-likeness (QED) is 0.785. The van der Waals surface area contributed by atoms with Crippen LogP contribution in [0.4, 0.5) is 0 Å². The molecule has 2 atom stereocenters. The number of likely N-dealkylation sites (N-methyl/N-ethyl adjacent to an activating group) is 1. The largest absolute Gasteiger partial charge is 0.309 e. The van der Waals surface area contributed by atoms with Crippen LogP contribution < -0.4 is 5.32 Å². The summed E-state index contributed by atoms with van der Waals surface area (Å²) in [6.07, 6.45) is 2.54. The zero-order valence-electron chi connectivity index (χ0n) is 13.0. The second-order valence-corrected chi connectivity index (χ2v) is 8.83. The Kier molecular flexibility index (Phi) is 5.45. The van der Waals surface area contributed by atoms with Gasteiger partial charge in [0, 0.05) is 31.2 Å². The van der Waals surface area contributed by atoms with Gasteiger partial charge in [-0.05, 0) is 33.0 Å². The van der Waals surface area contributed by atoms with Gasteiger partial charge in [0.2, 0.25) is 0 Å². The van der Waals surface area contributed by atoms with E-state index in [2.05, 4.69) is 36.0 Å². The van der Waals surface area contributed by atoms with Crippen LogP contribution in [0.3, 0.4) is 0 Å². The van der Waals surface area contributed by atoms with Crippen molar-refractivity contribution in [1.82, 2.24) is 15.1 Å². The first-order valence-electron chi connectivity index (χ1n) is 7.76. The fourth-order valence-electron chi connectivity index (χ4n) is 3.30. The van der Waals surface area contributed by atoms with Gasteiger partial charge in [-0.2, -0.15) is 0 Å². The van der Waals surface area contributed by atoms with E-state index in [0.717, 1.165) is 19.6 Å². The van der Waals surface area contributed by atoms with E-state index in [4.69, 9.17) is 0 Å². The van der Waals surface area contributed by atoms with Gasteiger partial charge in [0.15, 0.2) is 9.84 Å². The van der Waals surface area contributed by atoms with Crippen LogP contribution in [0.15, 0.2) is 0 Å². The molecule has 0 aromatic rings. The Morgan fingerprint density at radius 2 is 1.85 bits per heavy atom. The summed E-state index contributed by atoms with van der Waals surface area (Å²) < 4.78 is 23.9. The summed E-state index contributed by atoms with van der Waals surface area (Å²) >= 11 is 0. The summed E-state index contributed by atoms with van der Waals surface area (Å²) in [5.41, 5.74) is 0. The van der Waals surface area contributed by atoms with Crippen molar-refractivity contribution in [2.75, 3.05) is 44.7 Å². The van der Waals surface area contributed by atoms with E-state index < -0.39 is 9.84 Å². The van der Waals surface area contributed by atoms with Crippen molar-refractivity contribution in [1.29, 1.82) is 0 Å². The molecule has 0 bridgehead atoms. The second-order valence-electron chi connectivity index (χ2n) is 6.60. The fourth-order valence-corrected chi connectivity index (χ4v) is 5.04. The van der Waals surface area contributed by atoms with Crippen molar-refractivity contribution in [3.05, 3.63) is 0 Å². The molecule has 2 fully saturated rings. The van der Waals surface area contributed by atoms with Gasteiger partial charge < -0.3 is 10.2 Å². The van der Waals surface area contributed by atoms with Crippen LogP contribution in [0.2, 0.25) is 0 Å². The van der Waals surface area contributed by atoms with Crippen molar-refractivity contribution in [2.24, 2.45) is 0 Å². The zero-order valence-corrected chi connectivity index (χ0v) is 13.8. The van der Waals surface area contributed by atoms with Gasteiger partial charge in [0.25, 0.3) is 0 Å². The second kappa shape index (κ2) is 6.73. The van der Waals surface area contributed by atoms with E-state index in [1.807, 2.05) is 0 Å². The maximum atomic E-state index is 12.0. The third-order valence-corrected chi connectivity index (χ3v) is 6.07. The highest BCUT2D eigenvalue weighted by atomic mass is 32.2. The Labute approximate surface area is 123 Å². The van der Waals surface area contributed by atoms with Gasteiger partial charge in [-0.15, -0.1) is 0 Å². The number of nitrogens with zero attached hydrogens (tertiary/aromatic N) is 2. The first-order valence-corrected chi connectivity index (χ1v) is 9.58. The van der Waals surface area contributed by atoms with Gasteiger partial charge in [0.05, 0.1) is 11.5 Å². The molecule has 0 spiro atoms. The smallest absolute Gasteiger partial charge is 0.153 e. The SMILES string of the molecule is CC(C)NC(CN1CCCC1)C1CS(=O)(=O)CCN1C. The van der Waals surface area contributed by atoms with E-state index in [1.54, 1.807) is 0 Å². The van der Waals surface area contributed by atoms with Crippen LogP contribution in [0.1, 0.15) is 26.7 Å².